The maximum absolute atomic E-state index is 13.4. The van der Waals surface area contributed by atoms with Gasteiger partial charge in [0.2, 0.25) is 11.8 Å². The number of fused-ring (bicyclic) bond motifs is 2. The van der Waals surface area contributed by atoms with Crippen LogP contribution in [-0.2, 0) is 4.79 Å². The Labute approximate surface area is 209 Å². The van der Waals surface area contributed by atoms with Gasteiger partial charge < -0.3 is 24.8 Å². The molecule has 6 rings (SSSR count). The second-order valence-corrected chi connectivity index (χ2v) is 10.1. The minimum Gasteiger partial charge on any atom is -0.481 e. The Morgan fingerprint density at radius 2 is 1.97 bits per heavy atom. The summed E-state index contributed by atoms with van der Waals surface area (Å²) in [6, 6.07) is 7.47. The molecule has 1 aliphatic carbocycles. The van der Waals surface area contributed by atoms with Gasteiger partial charge in [0.15, 0.2) is 0 Å². The third-order valence-corrected chi connectivity index (χ3v) is 8.19. The fourth-order valence-electron chi connectivity index (χ4n) is 6.29. The summed E-state index contributed by atoms with van der Waals surface area (Å²) in [4.78, 5) is 47.0. The number of hydrogen-bond acceptors (Lipinski definition) is 7. The van der Waals surface area contributed by atoms with E-state index in [9.17, 15) is 9.59 Å². The first kappa shape index (κ1) is 22.8. The lowest BCUT2D eigenvalue weighted by molar-refractivity contribution is -0.127. The van der Waals surface area contributed by atoms with E-state index < -0.39 is 0 Å². The monoisotopic (exact) mass is 489 g/mol. The zero-order valence-corrected chi connectivity index (χ0v) is 20.4. The zero-order chi connectivity index (χ0) is 24.7. The van der Waals surface area contributed by atoms with Gasteiger partial charge in [-0.15, -0.1) is 0 Å². The number of pyridine rings is 1. The number of hydrogen-bond donors (Lipinski definition) is 2. The van der Waals surface area contributed by atoms with Crippen LogP contribution in [0.5, 0.6) is 5.88 Å². The highest BCUT2D eigenvalue weighted by molar-refractivity contribution is 5.97. The Morgan fingerprint density at radius 3 is 2.78 bits per heavy atom. The van der Waals surface area contributed by atoms with Crippen LogP contribution in [0.4, 0.5) is 5.82 Å². The van der Waals surface area contributed by atoms with E-state index in [0.717, 1.165) is 68.5 Å². The Hall–Kier alpha value is -3.69. The number of nitrogens with one attached hydrogen (secondary N) is 2. The number of aromatic amines is 1. The molecule has 10 heteroatoms. The van der Waals surface area contributed by atoms with E-state index in [-0.39, 0.29) is 29.3 Å². The number of ether oxygens (including phenoxy) is 1. The Bertz CT molecular complexity index is 1250. The molecule has 0 unspecified atom stereocenters. The second kappa shape index (κ2) is 9.07. The van der Waals surface area contributed by atoms with Gasteiger partial charge in [-0.05, 0) is 56.7 Å². The van der Waals surface area contributed by atoms with Gasteiger partial charge in [-0.3, -0.25) is 14.6 Å². The van der Waals surface area contributed by atoms with Gasteiger partial charge in [-0.25, -0.2) is 9.97 Å². The summed E-state index contributed by atoms with van der Waals surface area (Å²) in [6.07, 6.45) is 8.41. The molecule has 2 aliphatic heterocycles. The predicted octanol–water partition coefficient (Wildman–Crippen LogP) is 2.53. The summed E-state index contributed by atoms with van der Waals surface area (Å²) >= 11 is 0. The number of anilines is 1. The molecule has 36 heavy (non-hydrogen) atoms. The summed E-state index contributed by atoms with van der Waals surface area (Å²) in [5, 5.41) is 3.44. The highest BCUT2D eigenvalue weighted by Crippen LogP contribution is 2.42. The van der Waals surface area contributed by atoms with Crippen molar-refractivity contribution in [3.05, 3.63) is 42.5 Å². The Balaban J connectivity index is 1.11. The van der Waals surface area contributed by atoms with Gasteiger partial charge in [0.05, 0.1) is 29.7 Å². The van der Waals surface area contributed by atoms with Crippen LogP contribution in [0.2, 0.25) is 0 Å². The number of amides is 2. The minimum absolute atomic E-state index is 0.00962. The summed E-state index contributed by atoms with van der Waals surface area (Å²) in [5.41, 5.74) is 1.88. The number of carbonyl (C=O) groups excluding carboxylic acids is 2. The maximum Gasteiger partial charge on any atom is 0.270 e. The molecule has 10 nitrogen and oxygen atoms in total. The number of likely N-dealkylation sites (tertiary alicyclic amines) is 1. The molecule has 5 heterocycles. The van der Waals surface area contributed by atoms with Crippen LogP contribution in [0.15, 0.2) is 36.8 Å². The van der Waals surface area contributed by atoms with E-state index in [1.54, 1.807) is 13.3 Å². The van der Waals surface area contributed by atoms with Gasteiger partial charge >= 0.3 is 0 Å². The summed E-state index contributed by atoms with van der Waals surface area (Å²) in [5.74, 6) is 1.43. The highest BCUT2D eigenvalue weighted by Gasteiger charge is 2.53. The van der Waals surface area contributed by atoms with Crippen LogP contribution in [0.3, 0.4) is 0 Å². The number of aromatic nitrogens is 4. The smallest absolute Gasteiger partial charge is 0.270 e. The lowest BCUT2D eigenvalue weighted by Crippen LogP contribution is -2.56. The summed E-state index contributed by atoms with van der Waals surface area (Å²) in [7, 11) is 1.59. The molecule has 0 aromatic carbocycles. The van der Waals surface area contributed by atoms with Crippen LogP contribution in [0.25, 0.3) is 11.0 Å². The van der Waals surface area contributed by atoms with Crippen molar-refractivity contribution >= 4 is 28.7 Å². The van der Waals surface area contributed by atoms with Crippen LogP contribution >= 0.6 is 0 Å². The van der Waals surface area contributed by atoms with Crippen LogP contribution in [-0.4, -0.2) is 75.0 Å². The average Bonchev–Trinajstić information content (AvgIpc) is 3.61. The second-order valence-electron chi connectivity index (χ2n) is 10.1. The first-order valence-electron chi connectivity index (χ1n) is 12.7. The molecule has 0 bridgehead atoms. The van der Waals surface area contributed by atoms with Gasteiger partial charge in [0, 0.05) is 37.8 Å². The molecular weight excluding hydrogens is 458 g/mol. The van der Waals surface area contributed by atoms with Crippen molar-refractivity contribution in [1.29, 1.82) is 0 Å². The van der Waals surface area contributed by atoms with Crippen molar-refractivity contribution < 1.29 is 14.3 Å². The third-order valence-electron chi connectivity index (χ3n) is 8.19. The molecule has 1 saturated carbocycles. The van der Waals surface area contributed by atoms with Gasteiger partial charge in [-0.1, -0.05) is 0 Å². The van der Waals surface area contributed by atoms with E-state index in [0.29, 0.717) is 18.1 Å². The van der Waals surface area contributed by atoms with Crippen molar-refractivity contribution in [1.82, 2.24) is 30.2 Å². The predicted molar refractivity (Wildman–Crippen MR) is 134 cm³/mol. The van der Waals surface area contributed by atoms with Crippen LogP contribution in [0, 0.1) is 5.92 Å². The molecule has 0 spiro atoms. The Kier molecular flexibility index (Phi) is 5.73. The number of piperidine rings is 1. The number of carbonyl (C=O) groups is 2. The number of rotatable bonds is 5. The van der Waals surface area contributed by atoms with Crippen molar-refractivity contribution in [2.24, 2.45) is 5.92 Å². The summed E-state index contributed by atoms with van der Waals surface area (Å²) < 4.78 is 5.21. The first-order valence-corrected chi connectivity index (χ1v) is 12.7. The SMILES string of the molecule is COc1cc(N2CCC(C(=O)N[C@]34CCC[C@@H]3N(C(=O)c3cc5ncccc5[nH]3)CC4)CC2)ncn1. The first-order chi connectivity index (χ1) is 17.6. The topological polar surface area (TPSA) is 116 Å². The molecule has 3 aromatic rings. The lowest BCUT2D eigenvalue weighted by Gasteiger charge is -2.37. The molecule has 2 amide bonds. The van der Waals surface area contributed by atoms with Crippen molar-refractivity contribution in [3.8, 4) is 5.88 Å². The zero-order valence-electron chi connectivity index (χ0n) is 20.4. The number of H-pyrrole nitrogens is 1. The Morgan fingerprint density at radius 1 is 1.11 bits per heavy atom. The lowest BCUT2D eigenvalue weighted by atomic mass is 9.89. The normalized spacial score (nSPS) is 24.2. The fraction of sp³-hybridized carbons (Fsp3) is 0.500. The third kappa shape index (κ3) is 3.94. The average molecular weight is 490 g/mol. The van der Waals surface area contributed by atoms with E-state index in [2.05, 4.69) is 30.2 Å². The van der Waals surface area contributed by atoms with Gasteiger partial charge in [0.1, 0.15) is 17.8 Å². The van der Waals surface area contributed by atoms with Crippen LogP contribution < -0.4 is 15.0 Å². The van der Waals surface area contributed by atoms with E-state index >= 15 is 0 Å². The molecule has 2 atom stereocenters. The fourth-order valence-corrected chi connectivity index (χ4v) is 6.29. The molecule has 2 N–H and O–H groups in total. The van der Waals surface area contributed by atoms with Gasteiger partial charge in [-0.2, -0.15) is 0 Å². The number of nitrogens with zero attached hydrogens (tertiary/aromatic N) is 5. The van der Waals surface area contributed by atoms with Gasteiger partial charge in [0.25, 0.3) is 5.91 Å². The van der Waals surface area contributed by atoms with E-state index in [4.69, 9.17) is 4.74 Å². The van der Waals surface area contributed by atoms with Crippen molar-refractivity contribution in [3.63, 3.8) is 0 Å². The largest absolute Gasteiger partial charge is 0.481 e. The molecular formula is C26H31N7O3. The molecule has 188 valence electrons. The molecule has 3 aliphatic rings. The number of methoxy groups -OCH3 is 1. The maximum atomic E-state index is 13.4. The molecule has 3 fully saturated rings. The van der Waals surface area contributed by atoms with Crippen molar-refractivity contribution in [2.75, 3.05) is 31.6 Å². The molecule has 0 radical (unpaired) electrons. The molecule has 3 aromatic heterocycles. The standard InChI is InChI=1S/C26H31N7O3/c1-36-23-15-22(28-16-29-23)32-11-6-17(7-12-32)24(34)31-26-8-2-5-21(26)33(13-9-26)25(35)20-14-19-18(30-20)4-3-10-27-19/h3-4,10,14-17,21,30H,2,5-9,11-13H2,1H3,(H,31,34)/t21-,26-/m0/s1. The minimum atomic E-state index is -0.325. The quantitative estimate of drug-likeness (QED) is 0.566. The molecule has 2 saturated heterocycles. The van der Waals surface area contributed by atoms with Crippen molar-refractivity contribution in [2.45, 2.75) is 50.1 Å². The highest BCUT2D eigenvalue weighted by atomic mass is 16.5. The summed E-state index contributed by atoms with van der Waals surface area (Å²) in [6.45, 7) is 2.17. The van der Waals surface area contributed by atoms with E-state index in [1.807, 2.05) is 29.2 Å². The van der Waals surface area contributed by atoms with E-state index in [1.165, 1.54) is 6.33 Å². The van der Waals surface area contributed by atoms with Crippen LogP contribution in [0.1, 0.15) is 49.0 Å².